The third-order valence-electron chi connectivity index (χ3n) is 3.60. The van der Waals surface area contributed by atoms with E-state index in [1.54, 1.807) is 18.2 Å². The summed E-state index contributed by atoms with van der Waals surface area (Å²) in [6.07, 6.45) is 0.834. The molecular weight excluding hydrogens is 254 g/mol. The van der Waals surface area contributed by atoms with Crippen molar-refractivity contribution in [2.45, 2.75) is 19.4 Å². The maximum absolute atomic E-state index is 10.9. The molecule has 5 heteroatoms. The summed E-state index contributed by atoms with van der Waals surface area (Å²) in [5, 5.41) is 14.3. The van der Waals surface area contributed by atoms with Crippen molar-refractivity contribution in [1.82, 2.24) is 10.2 Å². The van der Waals surface area contributed by atoms with E-state index in [0.29, 0.717) is 0 Å². The van der Waals surface area contributed by atoms with Gasteiger partial charge in [-0.3, -0.25) is 15.0 Å². The minimum absolute atomic E-state index is 0.157. The van der Waals surface area contributed by atoms with Gasteiger partial charge in [0.15, 0.2) is 0 Å². The molecule has 108 valence electrons. The Kier molecular flexibility index (Phi) is 4.87. The van der Waals surface area contributed by atoms with E-state index in [9.17, 15) is 10.1 Å². The lowest BCUT2D eigenvalue weighted by Gasteiger charge is -2.35. The Morgan fingerprint density at radius 3 is 2.80 bits per heavy atom. The van der Waals surface area contributed by atoms with Crippen LogP contribution in [-0.4, -0.2) is 36.0 Å². The minimum Gasteiger partial charge on any atom is -0.314 e. The van der Waals surface area contributed by atoms with E-state index in [4.69, 9.17) is 0 Å². The van der Waals surface area contributed by atoms with Crippen LogP contribution in [0.15, 0.2) is 36.4 Å². The predicted octanol–water partition coefficient (Wildman–Crippen LogP) is 2.51. The van der Waals surface area contributed by atoms with E-state index in [1.807, 2.05) is 13.0 Å². The quantitative estimate of drug-likeness (QED) is 0.509. The summed E-state index contributed by atoms with van der Waals surface area (Å²) >= 11 is 0. The lowest BCUT2D eigenvalue weighted by atomic mass is 9.97. The van der Waals surface area contributed by atoms with Crippen LogP contribution in [0, 0.1) is 10.1 Å². The summed E-state index contributed by atoms with van der Waals surface area (Å²) in [7, 11) is 0. The van der Waals surface area contributed by atoms with Crippen molar-refractivity contribution in [3.63, 3.8) is 0 Å². The number of hydrogen-bond acceptors (Lipinski definition) is 4. The second kappa shape index (κ2) is 6.63. The summed E-state index contributed by atoms with van der Waals surface area (Å²) in [6, 6.07) is 7.15. The van der Waals surface area contributed by atoms with Crippen molar-refractivity contribution in [3.05, 3.63) is 52.1 Å². The van der Waals surface area contributed by atoms with Crippen LogP contribution in [0.25, 0.3) is 0 Å². The van der Waals surface area contributed by atoms with Gasteiger partial charge in [0, 0.05) is 44.4 Å². The highest BCUT2D eigenvalue weighted by molar-refractivity contribution is 5.36. The molecule has 1 fully saturated rings. The number of nitrogens with zero attached hydrogens (tertiary/aromatic N) is 2. The molecule has 2 rings (SSSR count). The van der Waals surface area contributed by atoms with Gasteiger partial charge in [-0.25, -0.2) is 0 Å². The number of nitrogens with one attached hydrogen (secondary N) is 1. The zero-order valence-corrected chi connectivity index (χ0v) is 11.8. The lowest BCUT2D eigenvalue weighted by Crippen LogP contribution is -2.45. The number of hydrogen-bond donors (Lipinski definition) is 1. The highest BCUT2D eigenvalue weighted by Crippen LogP contribution is 2.29. The smallest absolute Gasteiger partial charge is 0.269 e. The summed E-state index contributed by atoms with van der Waals surface area (Å²) in [6.45, 7) is 9.84. The average molecular weight is 275 g/mol. The van der Waals surface area contributed by atoms with Gasteiger partial charge in [-0.2, -0.15) is 0 Å². The molecule has 1 aliphatic rings. The molecule has 1 saturated heterocycles. The second-order valence-electron chi connectivity index (χ2n) is 5.32. The van der Waals surface area contributed by atoms with Crippen LogP contribution in [0.5, 0.6) is 0 Å². The number of non-ortho nitro benzene ring substituents is 1. The Hall–Kier alpha value is -1.72. The van der Waals surface area contributed by atoms with E-state index < -0.39 is 0 Å². The molecule has 0 spiro atoms. The minimum atomic E-state index is -0.334. The number of benzene rings is 1. The molecular formula is C15H21N3O2. The SMILES string of the molecule is C=C(C)C[C@@H](c1cccc([N+](=O)[O-])c1)N1CCNCC1. The molecule has 1 aromatic rings. The molecule has 0 aliphatic carbocycles. The summed E-state index contributed by atoms with van der Waals surface area (Å²) in [5.74, 6) is 0. The van der Waals surface area contributed by atoms with Gasteiger partial charge in [-0.1, -0.05) is 17.7 Å². The van der Waals surface area contributed by atoms with E-state index in [0.717, 1.165) is 43.7 Å². The first-order valence-corrected chi connectivity index (χ1v) is 6.91. The number of piperazine rings is 1. The fourth-order valence-corrected chi connectivity index (χ4v) is 2.63. The first kappa shape index (κ1) is 14.7. The molecule has 0 unspecified atom stereocenters. The lowest BCUT2D eigenvalue weighted by molar-refractivity contribution is -0.385. The van der Waals surface area contributed by atoms with E-state index in [-0.39, 0.29) is 16.7 Å². The second-order valence-corrected chi connectivity index (χ2v) is 5.32. The average Bonchev–Trinajstić information content (AvgIpc) is 2.45. The molecule has 0 saturated carbocycles. The molecule has 0 aromatic heterocycles. The Morgan fingerprint density at radius 2 is 2.20 bits per heavy atom. The van der Waals surface area contributed by atoms with Crippen molar-refractivity contribution < 1.29 is 4.92 Å². The van der Waals surface area contributed by atoms with Crippen molar-refractivity contribution in [2.75, 3.05) is 26.2 Å². The monoisotopic (exact) mass is 275 g/mol. The molecule has 0 bridgehead atoms. The van der Waals surface area contributed by atoms with Gasteiger partial charge in [0.05, 0.1) is 4.92 Å². The van der Waals surface area contributed by atoms with Gasteiger partial charge in [0.25, 0.3) is 5.69 Å². The van der Waals surface area contributed by atoms with Gasteiger partial charge in [0.2, 0.25) is 0 Å². The Morgan fingerprint density at radius 1 is 1.50 bits per heavy atom. The van der Waals surface area contributed by atoms with Crippen LogP contribution in [-0.2, 0) is 0 Å². The first-order valence-electron chi connectivity index (χ1n) is 6.91. The molecule has 20 heavy (non-hydrogen) atoms. The van der Waals surface area contributed by atoms with Gasteiger partial charge in [0.1, 0.15) is 0 Å². The normalized spacial score (nSPS) is 17.6. The van der Waals surface area contributed by atoms with Crippen molar-refractivity contribution in [1.29, 1.82) is 0 Å². The van der Waals surface area contributed by atoms with E-state index in [1.165, 1.54) is 0 Å². The summed E-state index contributed by atoms with van der Waals surface area (Å²) in [5.41, 5.74) is 2.26. The summed E-state index contributed by atoms with van der Waals surface area (Å²) in [4.78, 5) is 13.0. The highest BCUT2D eigenvalue weighted by Gasteiger charge is 2.23. The third kappa shape index (κ3) is 3.65. The summed E-state index contributed by atoms with van der Waals surface area (Å²) < 4.78 is 0. The first-order chi connectivity index (χ1) is 9.58. The van der Waals surface area contributed by atoms with Crippen LogP contribution >= 0.6 is 0 Å². The number of nitro groups is 1. The largest absolute Gasteiger partial charge is 0.314 e. The van der Waals surface area contributed by atoms with Gasteiger partial charge in [-0.05, 0) is 18.9 Å². The maximum Gasteiger partial charge on any atom is 0.269 e. The van der Waals surface area contributed by atoms with Crippen LogP contribution in [0.3, 0.4) is 0 Å². The van der Waals surface area contributed by atoms with Gasteiger partial charge in [-0.15, -0.1) is 6.58 Å². The van der Waals surface area contributed by atoms with Gasteiger partial charge < -0.3 is 5.32 Å². The topological polar surface area (TPSA) is 58.4 Å². The molecule has 1 aromatic carbocycles. The Balaban J connectivity index is 2.27. The molecule has 1 aliphatic heterocycles. The number of nitro benzene ring substituents is 1. The fourth-order valence-electron chi connectivity index (χ4n) is 2.63. The Bertz CT molecular complexity index is 496. The highest BCUT2D eigenvalue weighted by atomic mass is 16.6. The van der Waals surface area contributed by atoms with Crippen molar-refractivity contribution in [2.24, 2.45) is 0 Å². The molecule has 0 amide bonds. The third-order valence-corrected chi connectivity index (χ3v) is 3.60. The van der Waals surface area contributed by atoms with E-state index in [2.05, 4.69) is 16.8 Å². The Labute approximate surface area is 119 Å². The van der Waals surface area contributed by atoms with Crippen LogP contribution in [0.2, 0.25) is 0 Å². The zero-order valence-electron chi connectivity index (χ0n) is 11.8. The van der Waals surface area contributed by atoms with Crippen molar-refractivity contribution >= 4 is 5.69 Å². The molecule has 1 heterocycles. The maximum atomic E-state index is 10.9. The standard InChI is InChI=1S/C15H21N3O2/c1-12(2)10-15(17-8-6-16-7-9-17)13-4-3-5-14(11-13)18(19)20/h3-5,11,15-16H,1,6-10H2,2H3/t15-/m0/s1. The van der Waals surface area contributed by atoms with E-state index >= 15 is 0 Å². The van der Waals surface area contributed by atoms with Crippen LogP contribution in [0.4, 0.5) is 5.69 Å². The zero-order chi connectivity index (χ0) is 14.5. The van der Waals surface area contributed by atoms with Crippen LogP contribution < -0.4 is 5.32 Å². The predicted molar refractivity (Wildman–Crippen MR) is 79.7 cm³/mol. The number of rotatable bonds is 5. The van der Waals surface area contributed by atoms with Crippen LogP contribution in [0.1, 0.15) is 24.9 Å². The molecule has 1 N–H and O–H groups in total. The van der Waals surface area contributed by atoms with Gasteiger partial charge >= 0.3 is 0 Å². The molecule has 0 radical (unpaired) electrons. The fraction of sp³-hybridized carbons (Fsp3) is 0.467. The van der Waals surface area contributed by atoms with Crippen molar-refractivity contribution in [3.8, 4) is 0 Å². The molecule has 1 atom stereocenters. The molecule has 5 nitrogen and oxygen atoms in total.